The van der Waals surface area contributed by atoms with E-state index in [1.807, 2.05) is 0 Å². The summed E-state index contributed by atoms with van der Waals surface area (Å²) in [5.41, 5.74) is 8.59. The summed E-state index contributed by atoms with van der Waals surface area (Å²) < 4.78 is 0. The van der Waals surface area contributed by atoms with Crippen LogP contribution in [0.5, 0.6) is 0 Å². The van der Waals surface area contributed by atoms with E-state index in [0.29, 0.717) is 0 Å². The monoisotopic (exact) mass is 372 g/mol. The van der Waals surface area contributed by atoms with Gasteiger partial charge < -0.3 is 0 Å². The lowest BCUT2D eigenvalue weighted by molar-refractivity contribution is 0.403. The number of pyridine rings is 2. The standard InChI is InChI=1S/C26H32N2/c1-23(2)13-25(5,6)19-15-9-10-16-20-18(24(3,4)14-26(20,7)8)12-28-22(16)21(15)27-11-17(19)23/h9-12H,13-14H2,1-8H3. The predicted molar refractivity (Wildman–Crippen MR) is 118 cm³/mol. The van der Waals surface area contributed by atoms with Gasteiger partial charge in [-0.05, 0) is 56.8 Å². The second-order valence-corrected chi connectivity index (χ2v) is 11.8. The molecule has 2 aromatic heterocycles. The van der Waals surface area contributed by atoms with Crippen LogP contribution in [-0.2, 0) is 21.7 Å². The van der Waals surface area contributed by atoms with Crippen molar-refractivity contribution in [2.75, 3.05) is 0 Å². The van der Waals surface area contributed by atoms with Gasteiger partial charge >= 0.3 is 0 Å². The molecule has 2 heterocycles. The third kappa shape index (κ3) is 2.15. The molecule has 0 N–H and O–H groups in total. The molecule has 2 heteroatoms. The van der Waals surface area contributed by atoms with E-state index in [2.05, 4.69) is 79.9 Å². The molecular formula is C26H32N2. The zero-order valence-corrected chi connectivity index (χ0v) is 18.6. The molecule has 0 bridgehead atoms. The highest BCUT2D eigenvalue weighted by atomic mass is 14.8. The number of benzene rings is 1. The summed E-state index contributed by atoms with van der Waals surface area (Å²) >= 11 is 0. The van der Waals surface area contributed by atoms with Gasteiger partial charge in [-0.15, -0.1) is 0 Å². The van der Waals surface area contributed by atoms with E-state index in [1.54, 1.807) is 0 Å². The summed E-state index contributed by atoms with van der Waals surface area (Å²) in [5.74, 6) is 0. The second kappa shape index (κ2) is 4.96. The molecule has 2 aliphatic rings. The number of rotatable bonds is 0. The van der Waals surface area contributed by atoms with Crippen molar-refractivity contribution in [3.05, 3.63) is 46.8 Å². The summed E-state index contributed by atoms with van der Waals surface area (Å²) in [6, 6.07) is 4.66. The van der Waals surface area contributed by atoms with Crippen molar-refractivity contribution < 1.29 is 0 Å². The van der Waals surface area contributed by atoms with E-state index in [-0.39, 0.29) is 21.7 Å². The maximum absolute atomic E-state index is 4.99. The zero-order chi connectivity index (χ0) is 20.3. The molecule has 2 nitrogen and oxygen atoms in total. The topological polar surface area (TPSA) is 25.8 Å². The lowest BCUT2D eigenvalue weighted by atomic mass is 9.80. The Bertz CT molecular complexity index is 1070. The Morgan fingerprint density at radius 1 is 0.571 bits per heavy atom. The summed E-state index contributed by atoms with van der Waals surface area (Å²) in [4.78, 5) is 9.98. The molecule has 0 radical (unpaired) electrons. The van der Waals surface area contributed by atoms with E-state index >= 15 is 0 Å². The Hall–Kier alpha value is -1.96. The largest absolute Gasteiger partial charge is 0.254 e. The predicted octanol–water partition coefficient (Wildman–Crippen LogP) is 6.70. The Labute approximate surface area is 168 Å². The van der Waals surface area contributed by atoms with Crippen molar-refractivity contribution >= 4 is 21.8 Å². The normalized spacial score (nSPS) is 23.1. The molecule has 0 saturated carbocycles. The highest BCUT2D eigenvalue weighted by Crippen LogP contribution is 2.54. The molecule has 0 amide bonds. The number of hydrogen-bond acceptors (Lipinski definition) is 2. The Balaban J connectivity index is 1.90. The van der Waals surface area contributed by atoms with Gasteiger partial charge in [0.25, 0.3) is 0 Å². The van der Waals surface area contributed by atoms with Crippen LogP contribution in [0.4, 0.5) is 0 Å². The molecule has 2 aliphatic carbocycles. The van der Waals surface area contributed by atoms with E-state index in [4.69, 9.17) is 9.97 Å². The lowest BCUT2D eigenvalue weighted by Crippen LogP contribution is -2.18. The van der Waals surface area contributed by atoms with Gasteiger partial charge in [0.05, 0.1) is 11.0 Å². The third-order valence-corrected chi connectivity index (χ3v) is 7.45. The summed E-state index contributed by atoms with van der Waals surface area (Å²) in [7, 11) is 0. The number of aromatic nitrogens is 2. The summed E-state index contributed by atoms with van der Waals surface area (Å²) in [6.45, 7) is 18.9. The van der Waals surface area contributed by atoms with Crippen LogP contribution in [0.3, 0.4) is 0 Å². The maximum Gasteiger partial charge on any atom is 0.0967 e. The fourth-order valence-corrected chi connectivity index (χ4v) is 6.98. The van der Waals surface area contributed by atoms with E-state index in [1.165, 1.54) is 33.0 Å². The first-order valence-electron chi connectivity index (χ1n) is 10.6. The average molecular weight is 373 g/mol. The van der Waals surface area contributed by atoms with Gasteiger partial charge in [0.2, 0.25) is 0 Å². The molecule has 0 aliphatic heterocycles. The van der Waals surface area contributed by atoms with Crippen molar-refractivity contribution in [3.8, 4) is 0 Å². The fourth-order valence-electron chi connectivity index (χ4n) is 6.98. The fraction of sp³-hybridized carbons (Fsp3) is 0.538. The Morgan fingerprint density at radius 2 is 0.929 bits per heavy atom. The molecule has 28 heavy (non-hydrogen) atoms. The number of hydrogen-bond donors (Lipinski definition) is 0. The maximum atomic E-state index is 4.99. The molecule has 0 spiro atoms. The first-order chi connectivity index (χ1) is 12.9. The van der Waals surface area contributed by atoms with Crippen LogP contribution >= 0.6 is 0 Å². The highest BCUT2D eigenvalue weighted by Gasteiger charge is 2.45. The minimum atomic E-state index is 0.158. The van der Waals surface area contributed by atoms with Gasteiger partial charge in [-0.25, -0.2) is 0 Å². The molecule has 3 aromatic rings. The van der Waals surface area contributed by atoms with Crippen molar-refractivity contribution in [3.63, 3.8) is 0 Å². The van der Waals surface area contributed by atoms with Gasteiger partial charge in [0, 0.05) is 23.2 Å². The third-order valence-electron chi connectivity index (χ3n) is 7.45. The van der Waals surface area contributed by atoms with Gasteiger partial charge in [-0.1, -0.05) is 67.5 Å². The van der Waals surface area contributed by atoms with Crippen LogP contribution in [-0.4, -0.2) is 9.97 Å². The molecule has 146 valence electrons. The van der Waals surface area contributed by atoms with Crippen LogP contribution in [0.25, 0.3) is 21.8 Å². The van der Waals surface area contributed by atoms with E-state index in [0.717, 1.165) is 23.9 Å². The minimum Gasteiger partial charge on any atom is -0.254 e. The van der Waals surface area contributed by atoms with Gasteiger partial charge in [-0.3, -0.25) is 9.97 Å². The zero-order valence-electron chi connectivity index (χ0n) is 18.6. The average Bonchev–Trinajstić information content (AvgIpc) is 2.88. The SMILES string of the molecule is CC1(C)CC(C)(C)c2c1cnc1c2ccc2c3c(cnc21)C(C)(C)CC3(C)C. The smallest absolute Gasteiger partial charge is 0.0967 e. The first-order valence-corrected chi connectivity index (χ1v) is 10.6. The molecule has 1 aromatic carbocycles. The molecule has 0 unspecified atom stereocenters. The molecular weight excluding hydrogens is 340 g/mol. The van der Waals surface area contributed by atoms with Crippen molar-refractivity contribution in [2.45, 2.75) is 89.9 Å². The van der Waals surface area contributed by atoms with Crippen molar-refractivity contribution in [1.82, 2.24) is 9.97 Å². The summed E-state index contributed by atoms with van der Waals surface area (Å²) in [6.07, 6.45) is 6.59. The number of nitrogens with zero attached hydrogens (tertiary/aromatic N) is 2. The van der Waals surface area contributed by atoms with Crippen LogP contribution in [0.2, 0.25) is 0 Å². The quantitative estimate of drug-likeness (QED) is 0.410. The van der Waals surface area contributed by atoms with E-state index in [9.17, 15) is 0 Å². The van der Waals surface area contributed by atoms with Crippen molar-refractivity contribution in [2.24, 2.45) is 0 Å². The van der Waals surface area contributed by atoms with Crippen LogP contribution in [0.15, 0.2) is 24.5 Å². The molecule has 5 rings (SSSR count). The van der Waals surface area contributed by atoms with Crippen LogP contribution in [0.1, 0.15) is 90.5 Å². The van der Waals surface area contributed by atoms with Gasteiger partial charge in [-0.2, -0.15) is 0 Å². The van der Waals surface area contributed by atoms with Crippen LogP contribution in [0, 0.1) is 0 Å². The molecule has 0 atom stereocenters. The molecule has 0 saturated heterocycles. The van der Waals surface area contributed by atoms with Gasteiger partial charge in [0.1, 0.15) is 0 Å². The highest BCUT2D eigenvalue weighted by molar-refractivity contribution is 6.06. The Morgan fingerprint density at radius 3 is 1.29 bits per heavy atom. The summed E-state index contributed by atoms with van der Waals surface area (Å²) in [5, 5.41) is 2.59. The Kier molecular flexibility index (Phi) is 3.20. The lowest BCUT2D eigenvalue weighted by Gasteiger charge is -2.23. The number of fused-ring (bicyclic) bond motifs is 7. The molecule has 0 fully saturated rings. The first kappa shape index (κ1) is 18.1. The minimum absolute atomic E-state index is 0.158. The second-order valence-electron chi connectivity index (χ2n) is 11.8. The van der Waals surface area contributed by atoms with Crippen molar-refractivity contribution in [1.29, 1.82) is 0 Å². The van der Waals surface area contributed by atoms with Gasteiger partial charge in [0.15, 0.2) is 0 Å². The van der Waals surface area contributed by atoms with E-state index < -0.39 is 0 Å². The van der Waals surface area contributed by atoms with Crippen LogP contribution < -0.4 is 0 Å².